The smallest absolute Gasteiger partial charge is 0.383 e. The number of thiophene rings is 1. The maximum absolute atomic E-state index is 12.2. The summed E-state index contributed by atoms with van der Waals surface area (Å²) in [6, 6.07) is 3.88. The van der Waals surface area contributed by atoms with E-state index in [0.717, 1.165) is 16.6 Å². The summed E-state index contributed by atoms with van der Waals surface area (Å²) in [6.07, 6.45) is -6.38. The van der Waals surface area contributed by atoms with Crippen LogP contribution in [0.25, 0.3) is 0 Å². The molecular weight excluding hydrogens is 311 g/mol. The van der Waals surface area contributed by atoms with E-state index in [4.69, 9.17) is 5.11 Å². The van der Waals surface area contributed by atoms with E-state index in [1.807, 2.05) is 17.5 Å². The van der Waals surface area contributed by atoms with Crippen LogP contribution in [-0.4, -0.2) is 37.9 Å². The lowest BCUT2D eigenvalue weighted by Crippen LogP contribution is -2.30. The van der Waals surface area contributed by atoms with Crippen molar-refractivity contribution in [2.45, 2.75) is 23.9 Å². The number of hydrogen-bond donors (Lipinski definition) is 1. The van der Waals surface area contributed by atoms with Gasteiger partial charge >= 0.3 is 6.18 Å². The molecular formula is C11H12F3N3OS2. The second-order valence-electron chi connectivity index (χ2n) is 4.08. The fourth-order valence-corrected chi connectivity index (χ4v) is 3.04. The number of aromatic nitrogens is 3. The van der Waals surface area contributed by atoms with E-state index in [9.17, 15) is 13.2 Å². The lowest BCUT2D eigenvalue weighted by atomic mass is 10.3. The molecule has 0 aliphatic heterocycles. The number of rotatable bonds is 5. The molecule has 0 fully saturated rings. The lowest BCUT2D eigenvalue weighted by molar-refractivity contribution is -0.195. The Balaban J connectivity index is 1.98. The molecule has 0 unspecified atom stereocenters. The van der Waals surface area contributed by atoms with Gasteiger partial charge in [-0.05, 0) is 11.4 Å². The summed E-state index contributed by atoms with van der Waals surface area (Å²) in [5.41, 5.74) is 0. The summed E-state index contributed by atoms with van der Waals surface area (Å²) in [7, 11) is 1.70. The van der Waals surface area contributed by atoms with E-state index < -0.39 is 18.0 Å². The minimum absolute atomic E-state index is 0.361. The SMILES string of the molecule is Cn1c(Cc2cccs2)nnc1SC[C@H](O)C(F)(F)F. The molecule has 0 spiro atoms. The molecule has 0 amide bonds. The largest absolute Gasteiger partial charge is 0.415 e. The number of hydrogen-bond acceptors (Lipinski definition) is 5. The molecule has 1 atom stereocenters. The topological polar surface area (TPSA) is 50.9 Å². The summed E-state index contributed by atoms with van der Waals surface area (Å²) in [5, 5.41) is 19.1. The van der Waals surface area contributed by atoms with Crippen LogP contribution in [-0.2, 0) is 13.5 Å². The Morgan fingerprint density at radius 1 is 1.45 bits per heavy atom. The molecule has 2 aromatic heterocycles. The van der Waals surface area contributed by atoms with Gasteiger partial charge in [-0.3, -0.25) is 0 Å². The van der Waals surface area contributed by atoms with E-state index in [1.165, 1.54) is 0 Å². The zero-order valence-corrected chi connectivity index (χ0v) is 12.1. The summed E-state index contributed by atoms with van der Waals surface area (Å²) in [5.74, 6) is 0.186. The van der Waals surface area contributed by atoms with Crippen LogP contribution in [0.2, 0.25) is 0 Å². The van der Waals surface area contributed by atoms with Crippen LogP contribution in [0.1, 0.15) is 10.7 Å². The van der Waals surface area contributed by atoms with Gasteiger partial charge in [-0.25, -0.2) is 0 Å². The number of thioether (sulfide) groups is 1. The highest BCUT2D eigenvalue weighted by atomic mass is 32.2. The average molecular weight is 323 g/mol. The van der Waals surface area contributed by atoms with Gasteiger partial charge in [-0.2, -0.15) is 13.2 Å². The van der Waals surface area contributed by atoms with Crippen molar-refractivity contribution in [3.63, 3.8) is 0 Å². The number of aliphatic hydroxyl groups is 1. The minimum atomic E-state index is -4.61. The van der Waals surface area contributed by atoms with Crippen LogP contribution >= 0.6 is 23.1 Å². The maximum atomic E-state index is 12.2. The van der Waals surface area contributed by atoms with Gasteiger partial charge in [0.15, 0.2) is 11.3 Å². The molecule has 0 bridgehead atoms. The minimum Gasteiger partial charge on any atom is -0.383 e. The number of aliphatic hydroxyl groups excluding tert-OH is 1. The van der Waals surface area contributed by atoms with Crippen molar-refractivity contribution in [1.29, 1.82) is 0 Å². The van der Waals surface area contributed by atoms with Gasteiger partial charge in [0.05, 0.1) is 0 Å². The van der Waals surface area contributed by atoms with Crippen molar-refractivity contribution >= 4 is 23.1 Å². The highest BCUT2D eigenvalue weighted by molar-refractivity contribution is 7.99. The van der Waals surface area contributed by atoms with E-state index >= 15 is 0 Å². The first-order valence-electron chi connectivity index (χ1n) is 5.66. The first-order chi connectivity index (χ1) is 9.38. The van der Waals surface area contributed by atoms with Crippen molar-refractivity contribution in [3.05, 3.63) is 28.2 Å². The van der Waals surface area contributed by atoms with E-state index in [-0.39, 0.29) is 0 Å². The first kappa shape index (κ1) is 15.3. The van der Waals surface area contributed by atoms with E-state index in [1.54, 1.807) is 23.0 Å². The molecule has 0 aliphatic carbocycles. The third kappa shape index (κ3) is 3.74. The Morgan fingerprint density at radius 2 is 2.20 bits per heavy atom. The van der Waals surface area contributed by atoms with Crippen LogP contribution < -0.4 is 0 Å². The van der Waals surface area contributed by atoms with Crippen molar-refractivity contribution in [1.82, 2.24) is 14.8 Å². The molecule has 4 nitrogen and oxygen atoms in total. The fraction of sp³-hybridized carbons (Fsp3) is 0.455. The average Bonchev–Trinajstić information content (AvgIpc) is 2.98. The Labute approximate surface area is 121 Å². The Hall–Kier alpha value is -1.06. The van der Waals surface area contributed by atoms with Gasteiger partial charge in [-0.1, -0.05) is 17.8 Å². The lowest BCUT2D eigenvalue weighted by Gasteiger charge is -2.13. The molecule has 2 aromatic rings. The maximum Gasteiger partial charge on any atom is 0.415 e. The summed E-state index contributed by atoms with van der Waals surface area (Å²) in [6.45, 7) is 0. The Bertz CT molecular complexity index is 554. The Kier molecular flexibility index (Phi) is 4.71. The first-order valence-corrected chi connectivity index (χ1v) is 7.52. The third-order valence-electron chi connectivity index (χ3n) is 2.59. The molecule has 0 radical (unpaired) electrons. The van der Waals surface area contributed by atoms with Gasteiger partial charge < -0.3 is 9.67 Å². The zero-order chi connectivity index (χ0) is 14.8. The molecule has 110 valence electrons. The highest BCUT2D eigenvalue weighted by Gasteiger charge is 2.38. The predicted molar refractivity (Wildman–Crippen MR) is 70.9 cm³/mol. The summed E-state index contributed by atoms with van der Waals surface area (Å²) in [4.78, 5) is 1.10. The zero-order valence-electron chi connectivity index (χ0n) is 10.5. The predicted octanol–water partition coefficient (Wildman–Crippen LogP) is 2.48. The molecule has 0 aromatic carbocycles. The molecule has 0 saturated heterocycles. The van der Waals surface area contributed by atoms with Crippen molar-refractivity contribution in [3.8, 4) is 0 Å². The van der Waals surface area contributed by atoms with Gasteiger partial charge in [-0.15, -0.1) is 21.5 Å². The second-order valence-corrected chi connectivity index (χ2v) is 6.10. The van der Waals surface area contributed by atoms with Crippen LogP contribution in [0.4, 0.5) is 13.2 Å². The molecule has 1 N–H and O–H groups in total. The number of alkyl halides is 3. The Morgan fingerprint density at radius 3 is 2.80 bits per heavy atom. The number of nitrogens with zero attached hydrogens (tertiary/aromatic N) is 3. The summed E-state index contributed by atoms with van der Waals surface area (Å²) < 4.78 is 38.3. The van der Waals surface area contributed by atoms with Crippen LogP contribution in [0, 0.1) is 0 Å². The van der Waals surface area contributed by atoms with Gasteiger partial charge in [0, 0.05) is 24.1 Å². The normalized spacial score (nSPS) is 13.7. The third-order valence-corrected chi connectivity index (χ3v) is 4.56. The molecule has 9 heteroatoms. The van der Waals surface area contributed by atoms with Crippen molar-refractivity contribution in [2.24, 2.45) is 7.05 Å². The van der Waals surface area contributed by atoms with Gasteiger partial charge in [0.1, 0.15) is 5.82 Å². The quantitative estimate of drug-likeness (QED) is 0.859. The molecule has 20 heavy (non-hydrogen) atoms. The molecule has 0 aliphatic rings. The van der Waals surface area contributed by atoms with Crippen LogP contribution in [0.3, 0.4) is 0 Å². The van der Waals surface area contributed by atoms with Crippen molar-refractivity contribution < 1.29 is 18.3 Å². The molecule has 2 rings (SSSR count). The van der Waals surface area contributed by atoms with Crippen LogP contribution in [0.5, 0.6) is 0 Å². The molecule has 2 heterocycles. The monoisotopic (exact) mass is 323 g/mol. The standard InChI is InChI=1S/C11H12F3N3OS2/c1-17-9(5-7-3-2-4-19-7)15-16-10(17)20-6-8(18)11(12,13)14/h2-4,8,18H,5-6H2,1H3/t8-/m0/s1. The van der Waals surface area contributed by atoms with Gasteiger partial charge in [0.25, 0.3) is 0 Å². The number of halogens is 3. The van der Waals surface area contributed by atoms with E-state index in [0.29, 0.717) is 17.4 Å². The summed E-state index contributed by atoms with van der Waals surface area (Å²) >= 11 is 2.42. The van der Waals surface area contributed by atoms with Crippen molar-refractivity contribution in [2.75, 3.05) is 5.75 Å². The second kappa shape index (κ2) is 6.15. The highest BCUT2D eigenvalue weighted by Crippen LogP contribution is 2.26. The van der Waals surface area contributed by atoms with Gasteiger partial charge in [0.2, 0.25) is 0 Å². The van der Waals surface area contributed by atoms with E-state index in [2.05, 4.69) is 10.2 Å². The molecule has 0 saturated carbocycles. The fourth-order valence-electron chi connectivity index (χ4n) is 1.44. The van der Waals surface area contributed by atoms with Crippen LogP contribution in [0.15, 0.2) is 22.7 Å².